The lowest BCUT2D eigenvalue weighted by Crippen LogP contribution is -2.31. The molecule has 1 heterocycles. The molecule has 4 nitrogen and oxygen atoms in total. The summed E-state index contributed by atoms with van der Waals surface area (Å²) in [6.07, 6.45) is 2.20. The number of thiazole rings is 1. The molecule has 21 heavy (non-hydrogen) atoms. The fraction of sp³-hybridized carbons (Fsp3) is 0.375. The Bertz CT molecular complexity index is 632. The zero-order chi connectivity index (χ0) is 14.8. The molecule has 1 N–H and O–H groups in total. The van der Waals surface area contributed by atoms with Crippen molar-refractivity contribution in [3.05, 3.63) is 40.9 Å². The highest BCUT2D eigenvalue weighted by Gasteiger charge is 2.30. The van der Waals surface area contributed by atoms with Gasteiger partial charge in [0.2, 0.25) is 0 Å². The lowest BCUT2D eigenvalue weighted by molar-refractivity contribution is -0.138. The minimum atomic E-state index is -0.768. The highest BCUT2D eigenvalue weighted by molar-refractivity contribution is 7.13. The second-order valence-corrected chi connectivity index (χ2v) is 6.40. The van der Waals surface area contributed by atoms with Crippen LogP contribution in [-0.2, 0) is 11.3 Å². The van der Waals surface area contributed by atoms with Crippen LogP contribution in [0.3, 0.4) is 0 Å². The van der Waals surface area contributed by atoms with Gasteiger partial charge in [-0.3, -0.25) is 9.69 Å². The molecule has 0 atom stereocenters. The molecule has 2 aromatic rings. The van der Waals surface area contributed by atoms with E-state index in [-0.39, 0.29) is 6.54 Å². The van der Waals surface area contributed by atoms with Crippen LogP contribution >= 0.6 is 11.3 Å². The summed E-state index contributed by atoms with van der Waals surface area (Å²) < 4.78 is 0. The van der Waals surface area contributed by atoms with E-state index in [1.54, 1.807) is 11.3 Å². The Morgan fingerprint density at radius 1 is 1.38 bits per heavy atom. The maximum Gasteiger partial charge on any atom is 0.317 e. The van der Waals surface area contributed by atoms with Crippen molar-refractivity contribution in [3.63, 3.8) is 0 Å². The predicted molar refractivity (Wildman–Crippen MR) is 83.4 cm³/mol. The van der Waals surface area contributed by atoms with Gasteiger partial charge in [-0.1, -0.05) is 29.8 Å². The normalized spacial score (nSPS) is 14.6. The van der Waals surface area contributed by atoms with Gasteiger partial charge in [-0.25, -0.2) is 4.98 Å². The van der Waals surface area contributed by atoms with E-state index in [9.17, 15) is 4.79 Å². The molecule has 0 saturated heterocycles. The zero-order valence-electron chi connectivity index (χ0n) is 12.0. The molecule has 1 saturated carbocycles. The fourth-order valence-corrected chi connectivity index (χ4v) is 3.16. The number of carbonyl (C=O) groups is 1. The van der Waals surface area contributed by atoms with Crippen molar-refractivity contribution < 1.29 is 9.90 Å². The van der Waals surface area contributed by atoms with Gasteiger partial charge in [0.1, 0.15) is 5.01 Å². The highest BCUT2D eigenvalue weighted by Crippen LogP contribution is 2.29. The van der Waals surface area contributed by atoms with Crippen LogP contribution in [0, 0.1) is 6.92 Å². The van der Waals surface area contributed by atoms with Crippen LogP contribution in [0.1, 0.15) is 24.1 Å². The number of aromatic nitrogens is 1. The second kappa shape index (κ2) is 5.95. The molecule has 1 aliphatic carbocycles. The van der Waals surface area contributed by atoms with Crippen molar-refractivity contribution in [2.45, 2.75) is 32.4 Å². The fourth-order valence-electron chi connectivity index (χ4n) is 2.34. The predicted octanol–water partition coefficient (Wildman–Crippen LogP) is 3.17. The van der Waals surface area contributed by atoms with Crippen molar-refractivity contribution >= 4 is 17.3 Å². The highest BCUT2D eigenvalue weighted by atomic mass is 32.1. The van der Waals surface area contributed by atoms with E-state index in [1.807, 2.05) is 10.3 Å². The van der Waals surface area contributed by atoms with Crippen molar-refractivity contribution in [1.29, 1.82) is 0 Å². The third-order valence-corrected chi connectivity index (χ3v) is 4.56. The topological polar surface area (TPSA) is 53.4 Å². The minimum absolute atomic E-state index is 0.0993. The van der Waals surface area contributed by atoms with Crippen LogP contribution in [0.25, 0.3) is 10.6 Å². The van der Waals surface area contributed by atoms with E-state index in [1.165, 1.54) is 5.56 Å². The van der Waals surface area contributed by atoms with Crippen LogP contribution < -0.4 is 0 Å². The number of benzene rings is 1. The van der Waals surface area contributed by atoms with Crippen LogP contribution in [0.2, 0.25) is 0 Å². The quantitative estimate of drug-likeness (QED) is 0.890. The van der Waals surface area contributed by atoms with E-state index >= 15 is 0 Å². The van der Waals surface area contributed by atoms with Crippen molar-refractivity contribution in [3.8, 4) is 10.6 Å². The Labute approximate surface area is 128 Å². The van der Waals surface area contributed by atoms with Crippen LogP contribution in [0.15, 0.2) is 29.6 Å². The third kappa shape index (κ3) is 3.68. The number of hydrogen-bond donors (Lipinski definition) is 1. The molecule has 1 aromatic heterocycles. The second-order valence-electron chi connectivity index (χ2n) is 5.54. The molecule has 5 heteroatoms. The number of aliphatic carboxylic acids is 1. The summed E-state index contributed by atoms with van der Waals surface area (Å²) in [6, 6.07) is 8.74. The number of carboxylic acids is 1. The Hall–Kier alpha value is -1.72. The molecule has 0 radical (unpaired) electrons. The van der Waals surface area contributed by atoms with Crippen LogP contribution in [-0.4, -0.2) is 33.5 Å². The Morgan fingerprint density at radius 3 is 2.71 bits per heavy atom. The minimum Gasteiger partial charge on any atom is -0.480 e. The Kier molecular flexibility index (Phi) is 4.03. The number of rotatable bonds is 6. The molecule has 3 rings (SSSR count). The monoisotopic (exact) mass is 302 g/mol. The maximum absolute atomic E-state index is 10.9. The van der Waals surface area contributed by atoms with Crippen molar-refractivity contribution in [1.82, 2.24) is 9.88 Å². The molecule has 0 aliphatic heterocycles. The van der Waals surface area contributed by atoms with Crippen LogP contribution in [0.4, 0.5) is 0 Å². The lowest BCUT2D eigenvalue weighted by atomic mass is 10.2. The van der Waals surface area contributed by atoms with E-state index in [2.05, 4.69) is 36.2 Å². The van der Waals surface area contributed by atoms with Gasteiger partial charge >= 0.3 is 5.97 Å². The van der Waals surface area contributed by atoms with Crippen LogP contribution in [0.5, 0.6) is 0 Å². The van der Waals surface area contributed by atoms with Gasteiger partial charge in [-0.2, -0.15) is 0 Å². The lowest BCUT2D eigenvalue weighted by Gasteiger charge is -2.17. The molecule has 1 fully saturated rings. The van der Waals surface area contributed by atoms with E-state index < -0.39 is 5.97 Å². The standard InChI is InChI=1S/C16H18N2O2S/c1-11-2-4-12(5-3-11)16-17-13(10-21-16)8-18(9-15(19)20)14-6-7-14/h2-5,10,14H,6-9H2,1H3,(H,19,20). The summed E-state index contributed by atoms with van der Waals surface area (Å²) in [4.78, 5) is 17.6. The van der Waals surface area contributed by atoms with Gasteiger partial charge in [0, 0.05) is 23.5 Å². The average Bonchev–Trinajstić information content (AvgIpc) is 3.19. The van der Waals surface area contributed by atoms with Crippen molar-refractivity contribution in [2.24, 2.45) is 0 Å². The number of aryl methyl sites for hydroxylation is 1. The first-order valence-electron chi connectivity index (χ1n) is 7.09. The summed E-state index contributed by atoms with van der Waals surface area (Å²) >= 11 is 1.62. The zero-order valence-corrected chi connectivity index (χ0v) is 12.8. The first-order valence-corrected chi connectivity index (χ1v) is 7.97. The number of hydrogen-bond acceptors (Lipinski definition) is 4. The van der Waals surface area contributed by atoms with E-state index in [0.717, 1.165) is 29.1 Å². The SMILES string of the molecule is Cc1ccc(-c2nc(CN(CC(=O)O)C3CC3)cs2)cc1. The molecule has 0 unspecified atom stereocenters. The van der Waals surface area contributed by atoms with Gasteiger partial charge in [-0.15, -0.1) is 11.3 Å². The summed E-state index contributed by atoms with van der Waals surface area (Å²) in [5.74, 6) is -0.768. The summed E-state index contributed by atoms with van der Waals surface area (Å²) in [5.41, 5.74) is 3.31. The van der Waals surface area contributed by atoms with Gasteiger partial charge in [0.25, 0.3) is 0 Å². The number of nitrogens with zero attached hydrogens (tertiary/aromatic N) is 2. The average molecular weight is 302 g/mol. The van der Waals surface area contributed by atoms with E-state index in [4.69, 9.17) is 5.11 Å². The summed E-state index contributed by atoms with van der Waals surface area (Å²) in [5, 5.41) is 12.0. The summed E-state index contributed by atoms with van der Waals surface area (Å²) in [7, 11) is 0. The molecule has 0 amide bonds. The number of carboxylic acid groups (broad SMARTS) is 1. The van der Waals surface area contributed by atoms with Crippen molar-refractivity contribution in [2.75, 3.05) is 6.54 Å². The molecular weight excluding hydrogens is 284 g/mol. The largest absolute Gasteiger partial charge is 0.480 e. The molecule has 0 bridgehead atoms. The smallest absolute Gasteiger partial charge is 0.317 e. The Balaban J connectivity index is 1.72. The third-order valence-electron chi connectivity index (χ3n) is 3.62. The molecular formula is C16H18N2O2S. The maximum atomic E-state index is 10.9. The van der Waals surface area contributed by atoms with Gasteiger partial charge < -0.3 is 5.11 Å². The summed E-state index contributed by atoms with van der Waals surface area (Å²) in [6.45, 7) is 2.79. The first kappa shape index (κ1) is 14.2. The van der Waals surface area contributed by atoms with Gasteiger partial charge in [0.15, 0.2) is 0 Å². The first-order chi connectivity index (χ1) is 10.1. The van der Waals surface area contributed by atoms with Gasteiger partial charge in [0.05, 0.1) is 12.2 Å². The molecule has 0 spiro atoms. The molecule has 110 valence electrons. The Morgan fingerprint density at radius 2 is 2.10 bits per heavy atom. The van der Waals surface area contributed by atoms with E-state index in [0.29, 0.717) is 12.6 Å². The van der Waals surface area contributed by atoms with Gasteiger partial charge in [-0.05, 0) is 19.8 Å². The molecule has 1 aliphatic rings. The molecule has 1 aromatic carbocycles.